The molecule has 1 aliphatic rings. The fourth-order valence-electron chi connectivity index (χ4n) is 3.74. The number of hydrogen-bond donors (Lipinski definition) is 0. The molecule has 0 aliphatic carbocycles. The summed E-state index contributed by atoms with van der Waals surface area (Å²) in [5.41, 5.74) is -0.0272. The molecule has 0 saturated carbocycles. The van der Waals surface area contributed by atoms with Gasteiger partial charge in [0.15, 0.2) is 0 Å². The molecular weight excluding hydrogens is 447 g/mol. The van der Waals surface area contributed by atoms with Crippen molar-refractivity contribution in [2.45, 2.75) is 25.9 Å². The molecule has 11 heteroatoms. The van der Waals surface area contributed by atoms with E-state index in [0.29, 0.717) is 49.6 Å². The lowest BCUT2D eigenvalue weighted by atomic mass is 10.1. The minimum atomic E-state index is -4.48. The van der Waals surface area contributed by atoms with Crippen LogP contribution in [0.5, 0.6) is 0 Å². The van der Waals surface area contributed by atoms with Crippen molar-refractivity contribution in [1.82, 2.24) is 20.0 Å². The zero-order valence-corrected chi connectivity index (χ0v) is 18.1. The summed E-state index contributed by atoms with van der Waals surface area (Å²) < 4.78 is 45.2. The molecule has 1 saturated heterocycles. The molecular formula is C21H21ClF3N5O2. The van der Waals surface area contributed by atoms with E-state index in [1.54, 1.807) is 11.0 Å². The molecule has 2 aromatic heterocycles. The summed E-state index contributed by atoms with van der Waals surface area (Å²) in [5, 5.41) is 4.51. The number of hydrogen-bond acceptors (Lipinski definition) is 6. The molecule has 4 rings (SSSR count). The quantitative estimate of drug-likeness (QED) is 0.525. The monoisotopic (exact) mass is 467 g/mol. The summed E-state index contributed by atoms with van der Waals surface area (Å²) in [5.74, 6) is 0.899. The Labute approximate surface area is 187 Å². The highest BCUT2D eigenvalue weighted by Crippen LogP contribution is 2.37. The van der Waals surface area contributed by atoms with Crippen molar-refractivity contribution in [3.63, 3.8) is 0 Å². The van der Waals surface area contributed by atoms with Crippen LogP contribution in [-0.4, -0.2) is 58.0 Å². The van der Waals surface area contributed by atoms with Crippen LogP contribution in [0, 0.1) is 0 Å². The summed E-state index contributed by atoms with van der Waals surface area (Å²) in [6.45, 7) is 3.91. The SMILES string of the molecule is CCCc1nc(N2CCN(C(=O)CCl)CC2)c2c(-c3cccc(C(F)(F)F)c3)noc2n1. The van der Waals surface area contributed by atoms with Crippen LogP contribution < -0.4 is 4.90 Å². The average molecular weight is 468 g/mol. The third kappa shape index (κ3) is 4.36. The van der Waals surface area contributed by atoms with Crippen LogP contribution in [-0.2, 0) is 17.4 Å². The molecule has 3 heterocycles. The van der Waals surface area contributed by atoms with Crippen LogP contribution in [0.25, 0.3) is 22.4 Å². The van der Waals surface area contributed by atoms with Gasteiger partial charge < -0.3 is 14.3 Å². The molecule has 0 N–H and O–H groups in total. The maximum absolute atomic E-state index is 13.2. The highest BCUT2D eigenvalue weighted by atomic mass is 35.5. The minimum Gasteiger partial charge on any atom is -0.352 e. The zero-order chi connectivity index (χ0) is 22.9. The van der Waals surface area contributed by atoms with Gasteiger partial charge in [0.25, 0.3) is 5.71 Å². The van der Waals surface area contributed by atoms with Crippen LogP contribution in [0.4, 0.5) is 19.0 Å². The van der Waals surface area contributed by atoms with Gasteiger partial charge in [-0.1, -0.05) is 24.2 Å². The first-order valence-electron chi connectivity index (χ1n) is 10.2. The summed E-state index contributed by atoms with van der Waals surface area (Å²) in [4.78, 5) is 24.7. The number of benzene rings is 1. The molecule has 3 aromatic rings. The van der Waals surface area contributed by atoms with E-state index in [0.717, 1.165) is 18.6 Å². The number of aryl methyl sites for hydroxylation is 1. The number of rotatable bonds is 5. The topological polar surface area (TPSA) is 75.4 Å². The fraction of sp³-hybridized carbons (Fsp3) is 0.429. The van der Waals surface area contributed by atoms with Crippen molar-refractivity contribution in [1.29, 1.82) is 0 Å². The van der Waals surface area contributed by atoms with Gasteiger partial charge >= 0.3 is 6.18 Å². The van der Waals surface area contributed by atoms with E-state index in [1.165, 1.54) is 6.07 Å². The fourth-order valence-corrected chi connectivity index (χ4v) is 3.90. The van der Waals surface area contributed by atoms with Crippen molar-refractivity contribution >= 4 is 34.4 Å². The predicted molar refractivity (Wildman–Crippen MR) is 114 cm³/mol. The molecule has 0 radical (unpaired) electrons. The highest BCUT2D eigenvalue weighted by Gasteiger charge is 2.32. The molecule has 0 atom stereocenters. The van der Waals surface area contributed by atoms with Crippen molar-refractivity contribution in [2.75, 3.05) is 37.0 Å². The van der Waals surface area contributed by atoms with E-state index in [-0.39, 0.29) is 28.8 Å². The standard InChI is InChI=1S/C21H21ClF3N5O2/c1-2-4-15-26-19(30-9-7-29(8-10-30)16(31)12-22)17-18(28-32-20(17)27-15)13-5-3-6-14(11-13)21(23,24)25/h3,5-6,11H,2,4,7-10,12H2,1H3. The normalized spacial score (nSPS) is 14.9. The van der Waals surface area contributed by atoms with Gasteiger partial charge in [-0.15, -0.1) is 11.6 Å². The number of aromatic nitrogens is 3. The molecule has 0 unspecified atom stereocenters. The lowest BCUT2D eigenvalue weighted by Gasteiger charge is -2.35. The van der Waals surface area contributed by atoms with Gasteiger partial charge in [-0.05, 0) is 18.6 Å². The Kier molecular flexibility index (Phi) is 6.23. The van der Waals surface area contributed by atoms with Gasteiger partial charge in [-0.3, -0.25) is 4.79 Å². The van der Waals surface area contributed by atoms with E-state index >= 15 is 0 Å². The molecule has 32 heavy (non-hydrogen) atoms. The summed E-state index contributed by atoms with van der Waals surface area (Å²) in [6.07, 6.45) is -3.04. The Bertz CT molecular complexity index is 1130. The van der Waals surface area contributed by atoms with Gasteiger partial charge in [-0.25, -0.2) is 4.98 Å². The van der Waals surface area contributed by atoms with Gasteiger partial charge in [0.2, 0.25) is 5.91 Å². The average Bonchev–Trinajstić information content (AvgIpc) is 3.22. The number of alkyl halides is 4. The van der Waals surface area contributed by atoms with E-state index in [4.69, 9.17) is 21.1 Å². The van der Waals surface area contributed by atoms with Gasteiger partial charge in [0, 0.05) is 38.2 Å². The molecule has 0 bridgehead atoms. The molecule has 170 valence electrons. The third-order valence-corrected chi connectivity index (χ3v) is 5.58. The first-order valence-corrected chi connectivity index (χ1v) is 10.8. The van der Waals surface area contributed by atoms with Gasteiger partial charge in [0.05, 0.1) is 5.56 Å². The first kappa shape index (κ1) is 22.3. The minimum absolute atomic E-state index is 0.0796. The first-order chi connectivity index (χ1) is 15.3. The van der Waals surface area contributed by atoms with Crippen LogP contribution in [0.15, 0.2) is 28.8 Å². The third-order valence-electron chi connectivity index (χ3n) is 5.35. The van der Waals surface area contributed by atoms with Crippen LogP contribution >= 0.6 is 11.6 Å². The van der Waals surface area contributed by atoms with Gasteiger partial charge in [0.1, 0.15) is 28.6 Å². The summed E-state index contributed by atoms with van der Waals surface area (Å²) in [7, 11) is 0. The maximum atomic E-state index is 13.2. The summed E-state index contributed by atoms with van der Waals surface area (Å²) in [6, 6.07) is 4.93. The second-order valence-corrected chi connectivity index (χ2v) is 7.77. The number of halogens is 4. The number of carbonyl (C=O) groups excluding carboxylic acids is 1. The number of piperazine rings is 1. The highest BCUT2D eigenvalue weighted by molar-refractivity contribution is 6.27. The van der Waals surface area contributed by atoms with Gasteiger partial charge in [-0.2, -0.15) is 18.2 Å². The Hall–Kier alpha value is -2.88. The van der Waals surface area contributed by atoms with Crippen LogP contribution in [0.1, 0.15) is 24.7 Å². The second-order valence-electron chi connectivity index (χ2n) is 7.50. The Morgan fingerprint density at radius 2 is 1.94 bits per heavy atom. The molecule has 0 spiro atoms. The number of fused-ring (bicyclic) bond motifs is 1. The van der Waals surface area contributed by atoms with Crippen LogP contribution in [0.3, 0.4) is 0 Å². The molecule has 1 amide bonds. The Balaban J connectivity index is 1.78. The zero-order valence-electron chi connectivity index (χ0n) is 17.3. The second kappa shape index (κ2) is 8.93. The number of amides is 1. The Morgan fingerprint density at radius 1 is 1.19 bits per heavy atom. The Morgan fingerprint density at radius 3 is 2.59 bits per heavy atom. The molecule has 1 aliphatic heterocycles. The van der Waals surface area contributed by atoms with E-state index in [2.05, 4.69) is 10.1 Å². The lowest BCUT2D eigenvalue weighted by Crippen LogP contribution is -2.49. The van der Waals surface area contributed by atoms with Crippen molar-refractivity contribution in [2.24, 2.45) is 0 Å². The molecule has 1 aromatic carbocycles. The van der Waals surface area contributed by atoms with E-state index in [9.17, 15) is 18.0 Å². The molecule has 1 fully saturated rings. The number of nitrogens with zero attached hydrogens (tertiary/aromatic N) is 5. The predicted octanol–water partition coefficient (Wildman–Crippen LogP) is 4.14. The smallest absolute Gasteiger partial charge is 0.352 e. The van der Waals surface area contributed by atoms with Crippen LogP contribution in [0.2, 0.25) is 0 Å². The summed E-state index contributed by atoms with van der Waals surface area (Å²) >= 11 is 5.66. The van der Waals surface area contributed by atoms with Crippen molar-refractivity contribution in [3.05, 3.63) is 35.7 Å². The maximum Gasteiger partial charge on any atom is 0.416 e. The van der Waals surface area contributed by atoms with E-state index < -0.39 is 11.7 Å². The number of carbonyl (C=O) groups is 1. The lowest BCUT2D eigenvalue weighted by molar-refractivity contribution is -0.137. The number of anilines is 1. The van der Waals surface area contributed by atoms with Crippen molar-refractivity contribution in [3.8, 4) is 11.3 Å². The molecule has 7 nitrogen and oxygen atoms in total. The van der Waals surface area contributed by atoms with Crippen molar-refractivity contribution < 1.29 is 22.5 Å². The largest absolute Gasteiger partial charge is 0.416 e. The van der Waals surface area contributed by atoms with E-state index in [1.807, 2.05) is 11.8 Å².